The summed E-state index contributed by atoms with van der Waals surface area (Å²) in [6.07, 6.45) is 0.814. The Labute approximate surface area is 152 Å². The molecule has 0 radical (unpaired) electrons. The third-order valence-electron chi connectivity index (χ3n) is 3.86. The average Bonchev–Trinajstić information content (AvgIpc) is 2.94. The van der Waals surface area contributed by atoms with Gasteiger partial charge in [0.05, 0.1) is 17.1 Å². The molecular formula is C19H20N2O2S2. The molecule has 0 fully saturated rings. The van der Waals surface area contributed by atoms with E-state index in [1.165, 1.54) is 5.56 Å². The lowest BCUT2D eigenvalue weighted by molar-refractivity contribution is 0.581. The van der Waals surface area contributed by atoms with Crippen molar-refractivity contribution in [3.05, 3.63) is 81.3 Å². The van der Waals surface area contributed by atoms with Crippen molar-refractivity contribution < 1.29 is 8.42 Å². The number of aromatic nitrogens is 1. The molecule has 0 saturated carbocycles. The predicted molar refractivity (Wildman–Crippen MR) is 101 cm³/mol. The van der Waals surface area contributed by atoms with Gasteiger partial charge in [-0.05, 0) is 37.1 Å². The fraction of sp³-hybridized carbons (Fsp3) is 0.211. The third kappa shape index (κ3) is 4.54. The van der Waals surface area contributed by atoms with Crippen molar-refractivity contribution in [3.63, 3.8) is 0 Å². The van der Waals surface area contributed by atoms with E-state index in [1.54, 1.807) is 29.5 Å². The smallest absolute Gasteiger partial charge is 0.240 e. The summed E-state index contributed by atoms with van der Waals surface area (Å²) in [6.45, 7) is 4.04. The quantitative estimate of drug-likeness (QED) is 0.715. The van der Waals surface area contributed by atoms with Crippen LogP contribution in [0.2, 0.25) is 0 Å². The highest BCUT2D eigenvalue weighted by atomic mass is 32.2. The van der Waals surface area contributed by atoms with Gasteiger partial charge < -0.3 is 0 Å². The maximum atomic E-state index is 12.4. The number of aryl methyl sites for hydroxylation is 2. The molecule has 0 aliphatic carbocycles. The van der Waals surface area contributed by atoms with Gasteiger partial charge in [-0.25, -0.2) is 18.1 Å². The molecule has 0 aliphatic rings. The number of rotatable bonds is 6. The summed E-state index contributed by atoms with van der Waals surface area (Å²) in [6, 6.07) is 17.1. The van der Waals surface area contributed by atoms with Gasteiger partial charge in [0.1, 0.15) is 5.01 Å². The molecule has 0 saturated heterocycles. The van der Waals surface area contributed by atoms with Crippen LogP contribution in [-0.2, 0) is 23.0 Å². The molecule has 6 heteroatoms. The second-order valence-electron chi connectivity index (χ2n) is 5.92. The van der Waals surface area contributed by atoms with Crippen LogP contribution < -0.4 is 4.72 Å². The number of nitrogens with one attached hydrogen (secondary N) is 1. The Morgan fingerprint density at radius 1 is 1.04 bits per heavy atom. The Morgan fingerprint density at radius 2 is 1.80 bits per heavy atom. The molecule has 3 rings (SSSR count). The van der Waals surface area contributed by atoms with Crippen LogP contribution in [0.4, 0.5) is 0 Å². The Balaban J connectivity index is 1.71. The molecule has 0 unspecified atom stereocenters. The molecule has 3 aromatic rings. The minimum absolute atomic E-state index is 0.205. The van der Waals surface area contributed by atoms with E-state index >= 15 is 0 Å². The van der Waals surface area contributed by atoms with Gasteiger partial charge in [0.2, 0.25) is 10.0 Å². The van der Waals surface area contributed by atoms with Crippen LogP contribution >= 0.6 is 11.3 Å². The second-order valence-corrected chi connectivity index (χ2v) is 8.85. The lowest BCUT2D eigenvalue weighted by Crippen LogP contribution is -2.23. The molecule has 1 heterocycles. The number of hydrogen-bond acceptors (Lipinski definition) is 4. The van der Waals surface area contributed by atoms with Gasteiger partial charge in [0, 0.05) is 11.3 Å². The number of benzene rings is 2. The molecule has 2 aromatic carbocycles. The molecular weight excluding hydrogens is 352 g/mol. The summed E-state index contributed by atoms with van der Waals surface area (Å²) >= 11 is 1.56. The minimum atomic E-state index is -3.53. The molecule has 130 valence electrons. The first-order valence-corrected chi connectivity index (χ1v) is 10.3. The summed E-state index contributed by atoms with van der Waals surface area (Å²) < 4.78 is 27.5. The molecule has 1 aromatic heterocycles. The van der Waals surface area contributed by atoms with Crippen LogP contribution in [0.25, 0.3) is 0 Å². The van der Waals surface area contributed by atoms with Crippen molar-refractivity contribution in [3.8, 4) is 0 Å². The lowest BCUT2D eigenvalue weighted by Gasteiger charge is -2.05. The SMILES string of the molecule is Cc1cccc(S(=O)(=O)NCc2nc(C)c(Cc3ccccc3)s2)c1. The van der Waals surface area contributed by atoms with Gasteiger partial charge in [0.25, 0.3) is 0 Å². The van der Waals surface area contributed by atoms with E-state index in [2.05, 4.69) is 21.8 Å². The normalized spacial score (nSPS) is 11.6. The first kappa shape index (κ1) is 17.8. The van der Waals surface area contributed by atoms with E-state index < -0.39 is 10.0 Å². The van der Waals surface area contributed by atoms with Gasteiger partial charge in [-0.15, -0.1) is 11.3 Å². The number of hydrogen-bond donors (Lipinski definition) is 1. The highest BCUT2D eigenvalue weighted by molar-refractivity contribution is 7.89. The number of nitrogens with zero attached hydrogens (tertiary/aromatic N) is 1. The van der Waals surface area contributed by atoms with Crippen LogP contribution in [0.15, 0.2) is 59.5 Å². The van der Waals surface area contributed by atoms with Crippen LogP contribution in [0.1, 0.15) is 26.7 Å². The predicted octanol–water partition coefficient (Wildman–Crippen LogP) is 3.83. The van der Waals surface area contributed by atoms with E-state index in [1.807, 2.05) is 38.1 Å². The van der Waals surface area contributed by atoms with Gasteiger partial charge in [-0.3, -0.25) is 0 Å². The van der Waals surface area contributed by atoms with Crippen molar-refractivity contribution >= 4 is 21.4 Å². The standard InChI is InChI=1S/C19H20N2O2S2/c1-14-7-6-10-17(11-14)25(22,23)20-13-19-21-15(2)18(24-19)12-16-8-4-3-5-9-16/h3-11,20H,12-13H2,1-2H3. The van der Waals surface area contributed by atoms with E-state index in [4.69, 9.17) is 0 Å². The Bertz CT molecular complexity index is 964. The fourth-order valence-electron chi connectivity index (χ4n) is 2.53. The van der Waals surface area contributed by atoms with Crippen molar-refractivity contribution in [2.24, 2.45) is 0 Å². The monoisotopic (exact) mass is 372 g/mol. The molecule has 0 bridgehead atoms. The van der Waals surface area contributed by atoms with E-state index in [-0.39, 0.29) is 11.4 Å². The highest BCUT2D eigenvalue weighted by Crippen LogP contribution is 2.22. The van der Waals surface area contributed by atoms with Crippen LogP contribution in [0, 0.1) is 13.8 Å². The molecule has 0 atom stereocenters. The summed E-state index contributed by atoms with van der Waals surface area (Å²) in [4.78, 5) is 5.96. The van der Waals surface area contributed by atoms with Crippen molar-refractivity contribution in [1.82, 2.24) is 9.71 Å². The fourth-order valence-corrected chi connectivity index (χ4v) is 4.76. The Morgan fingerprint density at radius 3 is 2.52 bits per heavy atom. The van der Waals surface area contributed by atoms with Crippen LogP contribution in [0.5, 0.6) is 0 Å². The second kappa shape index (κ2) is 7.47. The zero-order valence-electron chi connectivity index (χ0n) is 14.2. The maximum absolute atomic E-state index is 12.4. The summed E-state index contributed by atoms with van der Waals surface area (Å²) in [5.74, 6) is 0. The number of sulfonamides is 1. The largest absolute Gasteiger partial charge is 0.245 e. The van der Waals surface area contributed by atoms with Gasteiger partial charge in [-0.2, -0.15) is 0 Å². The molecule has 0 spiro atoms. The first-order valence-electron chi connectivity index (χ1n) is 7.99. The van der Waals surface area contributed by atoms with E-state index in [9.17, 15) is 8.42 Å². The Hall–Kier alpha value is -2.02. The average molecular weight is 373 g/mol. The summed E-state index contributed by atoms with van der Waals surface area (Å²) in [7, 11) is -3.53. The molecule has 25 heavy (non-hydrogen) atoms. The van der Waals surface area contributed by atoms with Crippen LogP contribution in [-0.4, -0.2) is 13.4 Å². The molecule has 0 aliphatic heterocycles. The zero-order valence-corrected chi connectivity index (χ0v) is 15.8. The summed E-state index contributed by atoms with van der Waals surface area (Å²) in [5.41, 5.74) is 3.10. The molecule has 1 N–H and O–H groups in total. The third-order valence-corrected chi connectivity index (χ3v) is 6.41. The molecule has 0 amide bonds. The summed E-state index contributed by atoms with van der Waals surface area (Å²) in [5, 5.41) is 0.777. The van der Waals surface area contributed by atoms with Gasteiger partial charge in [0.15, 0.2) is 0 Å². The topological polar surface area (TPSA) is 59.1 Å². The van der Waals surface area contributed by atoms with Crippen LogP contribution in [0.3, 0.4) is 0 Å². The van der Waals surface area contributed by atoms with Gasteiger partial charge >= 0.3 is 0 Å². The van der Waals surface area contributed by atoms with E-state index in [0.717, 1.165) is 27.6 Å². The van der Waals surface area contributed by atoms with E-state index in [0.29, 0.717) is 0 Å². The Kier molecular flexibility index (Phi) is 5.32. The molecule has 4 nitrogen and oxygen atoms in total. The van der Waals surface area contributed by atoms with Crippen molar-refractivity contribution in [2.45, 2.75) is 31.7 Å². The number of thiazole rings is 1. The maximum Gasteiger partial charge on any atom is 0.240 e. The first-order chi connectivity index (χ1) is 11.9. The van der Waals surface area contributed by atoms with Crippen molar-refractivity contribution in [2.75, 3.05) is 0 Å². The van der Waals surface area contributed by atoms with Gasteiger partial charge in [-0.1, -0.05) is 42.5 Å². The minimum Gasteiger partial charge on any atom is -0.245 e. The lowest BCUT2D eigenvalue weighted by atomic mass is 10.1. The highest BCUT2D eigenvalue weighted by Gasteiger charge is 2.15. The van der Waals surface area contributed by atoms with Crippen molar-refractivity contribution in [1.29, 1.82) is 0 Å². The zero-order chi connectivity index (χ0) is 17.9.